The standard InChI is InChI=1S/C17H17NO5/c18-15(17(21)22)9-13(19)10-23-16(20)8-12-6-3-5-11-4-1-2-7-14(11)12/h1-7,15H,8-10,18H2,(H,21,22). The maximum absolute atomic E-state index is 11.9. The lowest BCUT2D eigenvalue weighted by Gasteiger charge is -2.08. The van der Waals surface area contributed by atoms with Gasteiger partial charge in [-0.25, -0.2) is 0 Å². The van der Waals surface area contributed by atoms with Gasteiger partial charge in [0.1, 0.15) is 12.6 Å². The van der Waals surface area contributed by atoms with Crippen molar-refractivity contribution < 1.29 is 24.2 Å². The van der Waals surface area contributed by atoms with Crippen molar-refractivity contribution in [1.29, 1.82) is 0 Å². The first-order valence-corrected chi connectivity index (χ1v) is 7.09. The number of rotatable bonds is 7. The second-order valence-corrected chi connectivity index (χ2v) is 5.16. The monoisotopic (exact) mass is 315 g/mol. The molecule has 3 N–H and O–H groups in total. The molecule has 6 nitrogen and oxygen atoms in total. The van der Waals surface area contributed by atoms with Crippen LogP contribution in [-0.2, 0) is 25.5 Å². The van der Waals surface area contributed by atoms with Crippen molar-refractivity contribution in [2.24, 2.45) is 5.73 Å². The SMILES string of the molecule is NC(CC(=O)COC(=O)Cc1cccc2ccccc12)C(=O)O. The Morgan fingerprint density at radius 2 is 1.78 bits per heavy atom. The van der Waals surface area contributed by atoms with Crippen LogP contribution in [0, 0.1) is 0 Å². The number of ether oxygens (including phenoxy) is 1. The minimum absolute atomic E-state index is 0.0413. The molecule has 0 aromatic heterocycles. The predicted octanol–water partition coefficient (Wildman–Crippen LogP) is 1.30. The average Bonchev–Trinajstić information content (AvgIpc) is 2.53. The molecule has 2 rings (SSSR count). The van der Waals surface area contributed by atoms with Crippen molar-refractivity contribution in [3.05, 3.63) is 48.0 Å². The van der Waals surface area contributed by atoms with Gasteiger partial charge in [0.05, 0.1) is 6.42 Å². The number of carboxylic acid groups (broad SMARTS) is 1. The van der Waals surface area contributed by atoms with Gasteiger partial charge in [0, 0.05) is 6.42 Å². The van der Waals surface area contributed by atoms with Gasteiger partial charge in [-0.2, -0.15) is 0 Å². The first-order chi connectivity index (χ1) is 11.0. The number of carbonyl (C=O) groups excluding carboxylic acids is 2. The molecule has 0 heterocycles. The highest BCUT2D eigenvalue weighted by Crippen LogP contribution is 2.19. The van der Waals surface area contributed by atoms with Gasteiger partial charge in [-0.15, -0.1) is 0 Å². The number of hydrogen-bond donors (Lipinski definition) is 2. The number of Topliss-reactive ketones (excluding diaryl/α,β-unsaturated/α-hetero) is 1. The van der Waals surface area contributed by atoms with Crippen molar-refractivity contribution in [3.63, 3.8) is 0 Å². The van der Waals surface area contributed by atoms with E-state index < -0.39 is 30.4 Å². The maximum Gasteiger partial charge on any atom is 0.320 e. The first-order valence-electron chi connectivity index (χ1n) is 7.09. The molecule has 2 aromatic carbocycles. The smallest absolute Gasteiger partial charge is 0.320 e. The van der Waals surface area contributed by atoms with Gasteiger partial charge in [0.25, 0.3) is 0 Å². The molecule has 0 saturated heterocycles. The van der Waals surface area contributed by atoms with Gasteiger partial charge >= 0.3 is 11.9 Å². The van der Waals surface area contributed by atoms with E-state index in [0.29, 0.717) is 0 Å². The number of hydrogen-bond acceptors (Lipinski definition) is 5. The molecule has 0 aliphatic rings. The fourth-order valence-corrected chi connectivity index (χ4v) is 2.21. The zero-order valence-electron chi connectivity index (χ0n) is 12.4. The van der Waals surface area contributed by atoms with E-state index in [9.17, 15) is 14.4 Å². The number of aliphatic carboxylic acids is 1. The summed E-state index contributed by atoms with van der Waals surface area (Å²) < 4.78 is 4.90. The van der Waals surface area contributed by atoms with Crippen LogP contribution in [0.3, 0.4) is 0 Å². The molecule has 120 valence electrons. The zero-order valence-corrected chi connectivity index (χ0v) is 12.4. The number of carbonyl (C=O) groups is 3. The van der Waals surface area contributed by atoms with Crippen molar-refractivity contribution in [1.82, 2.24) is 0 Å². The topological polar surface area (TPSA) is 107 Å². The second-order valence-electron chi connectivity index (χ2n) is 5.16. The van der Waals surface area contributed by atoms with Crippen molar-refractivity contribution >= 4 is 28.5 Å². The summed E-state index contributed by atoms with van der Waals surface area (Å²) in [6, 6.07) is 12.0. The van der Waals surface area contributed by atoms with Crippen molar-refractivity contribution in [2.75, 3.05) is 6.61 Å². The van der Waals surface area contributed by atoms with Crippen LogP contribution in [0.5, 0.6) is 0 Å². The second kappa shape index (κ2) is 7.51. The van der Waals surface area contributed by atoms with Crippen molar-refractivity contribution in [2.45, 2.75) is 18.9 Å². The molecule has 0 fully saturated rings. The largest absolute Gasteiger partial charge is 0.480 e. The van der Waals surface area contributed by atoms with Gasteiger partial charge in [-0.1, -0.05) is 42.5 Å². The van der Waals surface area contributed by atoms with Gasteiger partial charge < -0.3 is 15.6 Å². The third kappa shape index (κ3) is 4.62. The van der Waals surface area contributed by atoms with Gasteiger partial charge in [-0.05, 0) is 16.3 Å². The minimum Gasteiger partial charge on any atom is -0.480 e. The van der Waals surface area contributed by atoms with Crippen LogP contribution >= 0.6 is 0 Å². The lowest BCUT2D eigenvalue weighted by Crippen LogP contribution is -2.33. The molecule has 0 radical (unpaired) electrons. The molecule has 0 bridgehead atoms. The number of fused-ring (bicyclic) bond motifs is 1. The van der Waals surface area contributed by atoms with Gasteiger partial charge in [0.2, 0.25) is 0 Å². The van der Waals surface area contributed by atoms with Crippen LogP contribution in [0.25, 0.3) is 10.8 Å². The van der Waals surface area contributed by atoms with E-state index in [0.717, 1.165) is 16.3 Å². The number of nitrogens with two attached hydrogens (primary N) is 1. The molecule has 0 aliphatic carbocycles. The zero-order chi connectivity index (χ0) is 16.8. The Morgan fingerprint density at radius 1 is 1.09 bits per heavy atom. The highest BCUT2D eigenvalue weighted by atomic mass is 16.5. The Kier molecular flexibility index (Phi) is 5.43. The quantitative estimate of drug-likeness (QED) is 0.746. The van der Waals surface area contributed by atoms with Gasteiger partial charge in [-0.3, -0.25) is 14.4 Å². The Hall–Kier alpha value is -2.73. The molecule has 1 unspecified atom stereocenters. The van der Waals surface area contributed by atoms with E-state index in [-0.39, 0.29) is 12.8 Å². The fourth-order valence-electron chi connectivity index (χ4n) is 2.21. The fraction of sp³-hybridized carbons (Fsp3) is 0.235. The van der Waals surface area contributed by atoms with E-state index in [4.69, 9.17) is 15.6 Å². The van der Waals surface area contributed by atoms with Crippen LogP contribution in [-0.4, -0.2) is 35.5 Å². The molecule has 0 aliphatic heterocycles. The highest BCUT2D eigenvalue weighted by molar-refractivity contribution is 5.90. The van der Waals surface area contributed by atoms with Gasteiger partial charge in [0.15, 0.2) is 5.78 Å². The third-order valence-corrected chi connectivity index (χ3v) is 3.37. The molecule has 0 amide bonds. The van der Waals surface area contributed by atoms with Crippen molar-refractivity contribution in [3.8, 4) is 0 Å². The predicted molar refractivity (Wildman–Crippen MR) is 83.8 cm³/mol. The molecule has 23 heavy (non-hydrogen) atoms. The van der Waals surface area contributed by atoms with E-state index in [1.807, 2.05) is 42.5 Å². The normalized spacial score (nSPS) is 11.9. The Bertz CT molecular complexity index is 735. The summed E-state index contributed by atoms with van der Waals surface area (Å²) in [6.45, 7) is -0.468. The van der Waals surface area contributed by atoms with Crippen LogP contribution < -0.4 is 5.73 Å². The van der Waals surface area contributed by atoms with E-state index in [1.165, 1.54) is 0 Å². The summed E-state index contributed by atoms with van der Waals surface area (Å²) in [7, 11) is 0. The Balaban J connectivity index is 1.92. The molecule has 0 saturated carbocycles. The summed E-state index contributed by atoms with van der Waals surface area (Å²) in [4.78, 5) is 33.9. The van der Waals surface area contributed by atoms with Crippen LogP contribution in [0.2, 0.25) is 0 Å². The minimum atomic E-state index is -1.28. The molecular formula is C17H17NO5. The molecule has 2 aromatic rings. The van der Waals surface area contributed by atoms with E-state index in [2.05, 4.69) is 0 Å². The maximum atomic E-state index is 11.9. The summed E-state index contributed by atoms with van der Waals surface area (Å²) >= 11 is 0. The lowest BCUT2D eigenvalue weighted by molar-refractivity contribution is -0.148. The summed E-state index contributed by atoms with van der Waals surface area (Å²) in [6.07, 6.45) is -0.323. The summed E-state index contributed by atoms with van der Waals surface area (Å²) in [5, 5.41) is 10.6. The summed E-state index contributed by atoms with van der Waals surface area (Å²) in [5.41, 5.74) is 6.06. The lowest BCUT2D eigenvalue weighted by atomic mass is 10.0. The molecule has 0 spiro atoms. The number of carboxylic acids is 1. The molecular weight excluding hydrogens is 298 g/mol. The Labute approximate surface area is 132 Å². The van der Waals surface area contributed by atoms with E-state index in [1.54, 1.807) is 0 Å². The van der Waals surface area contributed by atoms with Crippen LogP contribution in [0.4, 0.5) is 0 Å². The third-order valence-electron chi connectivity index (χ3n) is 3.37. The van der Waals surface area contributed by atoms with Crippen LogP contribution in [0.15, 0.2) is 42.5 Å². The Morgan fingerprint density at radius 3 is 2.52 bits per heavy atom. The molecule has 1 atom stereocenters. The number of ketones is 1. The highest BCUT2D eigenvalue weighted by Gasteiger charge is 2.17. The van der Waals surface area contributed by atoms with Crippen LogP contribution in [0.1, 0.15) is 12.0 Å². The number of esters is 1. The number of benzene rings is 2. The summed E-state index contributed by atoms with van der Waals surface area (Å²) in [5.74, 6) is -2.33. The van der Waals surface area contributed by atoms with E-state index >= 15 is 0 Å². The first kappa shape index (κ1) is 16.6. The molecule has 6 heteroatoms. The average molecular weight is 315 g/mol.